The zero-order chi connectivity index (χ0) is 26.5. The third kappa shape index (κ3) is 5.81. The van der Waals surface area contributed by atoms with E-state index in [9.17, 15) is 14.4 Å². The van der Waals surface area contributed by atoms with Crippen LogP contribution in [0, 0.1) is 11.8 Å². The topological polar surface area (TPSA) is 66.5 Å². The van der Waals surface area contributed by atoms with Crippen molar-refractivity contribution in [3.8, 4) is 0 Å². The Morgan fingerprint density at radius 1 is 0.944 bits per heavy atom. The van der Waals surface area contributed by atoms with E-state index < -0.39 is 11.1 Å². The zero-order valence-corrected chi connectivity index (χ0v) is 23.8. The highest BCUT2D eigenvalue weighted by molar-refractivity contribution is 6.01. The highest BCUT2D eigenvalue weighted by Crippen LogP contribution is 2.44. The van der Waals surface area contributed by atoms with Crippen LogP contribution in [0.4, 0.5) is 0 Å². The lowest BCUT2D eigenvalue weighted by Gasteiger charge is -2.57. The number of β-lactam (4-membered cyclic amide) rings is 1. The molecule has 2 aliphatic carbocycles. The SMILES string of the molecule is C=C(C)C(=O)C(C)(CCC)N[C@H]1CCCCCC[C@H]1C(=O)C(C)(CC)N1C(=O)[C@@H]2CCCCCC[C@@H]21. The molecule has 2 saturated carbocycles. The molecule has 0 aromatic heterocycles. The van der Waals surface area contributed by atoms with E-state index in [1.165, 1.54) is 12.8 Å². The van der Waals surface area contributed by atoms with Gasteiger partial charge in [-0.25, -0.2) is 0 Å². The van der Waals surface area contributed by atoms with Crippen molar-refractivity contribution < 1.29 is 14.4 Å². The first-order valence-corrected chi connectivity index (χ1v) is 15.0. The van der Waals surface area contributed by atoms with Gasteiger partial charge < -0.3 is 10.2 Å². The number of ketones is 2. The van der Waals surface area contributed by atoms with Crippen LogP contribution in [0.15, 0.2) is 12.2 Å². The van der Waals surface area contributed by atoms with Gasteiger partial charge in [0, 0.05) is 18.0 Å². The molecule has 2 unspecified atom stereocenters. The Kier molecular flexibility index (Phi) is 9.99. The number of nitrogens with zero attached hydrogens (tertiary/aromatic N) is 1. The lowest BCUT2D eigenvalue weighted by molar-refractivity contribution is -0.176. The monoisotopic (exact) mass is 500 g/mol. The molecule has 1 N–H and O–H groups in total. The molecule has 36 heavy (non-hydrogen) atoms. The van der Waals surface area contributed by atoms with Gasteiger partial charge in [-0.1, -0.05) is 78.2 Å². The van der Waals surface area contributed by atoms with Gasteiger partial charge in [0.1, 0.15) is 0 Å². The van der Waals surface area contributed by atoms with Crippen molar-refractivity contribution >= 4 is 17.5 Å². The van der Waals surface area contributed by atoms with Crippen molar-refractivity contribution in [3.05, 3.63) is 12.2 Å². The summed E-state index contributed by atoms with van der Waals surface area (Å²) in [6, 6.07) is 0.148. The number of carbonyl (C=O) groups is 3. The number of Topliss-reactive ketones (excluding diaryl/α,β-unsaturated/α-hetero) is 2. The van der Waals surface area contributed by atoms with E-state index >= 15 is 0 Å². The summed E-state index contributed by atoms with van der Waals surface area (Å²) < 4.78 is 0. The average Bonchev–Trinajstić information content (AvgIpc) is 2.81. The molecule has 0 aromatic rings. The normalized spacial score (nSPS) is 30.8. The summed E-state index contributed by atoms with van der Waals surface area (Å²) in [7, 11) is 0. The lowest BCUT2D eigenvalue weighted by atomic mass is 9.69. The lowest BCUT2D eigenvalue weighted by Crippen LogP contribution is -2.72. The highest BCUT2D eigenvalue weighted by Gasteiger charge is 2.57. The van der Waals surface area contributed by atoms with Gasteiger partial charge in [0.05, 0.1) is 17.0 Å². The van der Waals surface area contributed by atoms with Gasteiger partial charge in [-0.05, 0) is 64.9 Å². The fraction of sp³-hybridized carbons (Fsp3) is 0.839. The quantitative estimate of drug-likeness (QED) is 0.273. The van der Waals surface area contributed by atoms with E-state index in [-0.39, 0.29) is 41.4 Å². The van der Waals surface area contributed by atoms with E-state index in [1.807, 2.05) is 18.7 Å². The molecule has 0 spiro atoms. The van der Waals surface area contributed by atoms with Crippen molar-refractivity contribution in [1.29, 1.82) is 0 Å². The molecule has 5 nitrogen and oxygen atoms in total. The van der Waals surface area contributed by atoms with Crippen molar-refractivity contribution in [1.82, 2.24) is 10.2 Å². The minimum atomic E-state index is -0.777. The number of rotatable bonds is 10. The summed E-state index contributed by atoms with van der Waals surface area (Å²) in [5.41, 5.74) is -0.934. The van der Waals surface area contributed by atoms with Crippen LogP contribution in [-0.4, -0.2) is 45.5 Å². The van der Waals surface area contributed by atoms with Crippen LogP contribution in [0.3, 0.4) is 0 Å². The average molecular weight is 501 g/mol. The Labute approximate surface area is 220 Å². The minimum Gasteiger partial charge on any atom is -0.326 e. The Balaban J connectivity index is 1.91. The molecule has 3 rings (SSSR count). The fourth-order valence-corrected chi connectivity index (χ4v) is 7.40. The van der Waals surface area contributed by atoms with E-state index in [0.717, 1.165) is 77.0 Å². The van der Waals surface area contributed by atoms with Gasteiger partial charge in [0.2, 0.25) is 5.91 Å². The molecule has 1 amide bonds. The molecule has 6 atom stereocenters. The highest BCUT2D eigenvalue weighted by atomic mass is 16.2. The summed E-state index contributed by atoms with van der Waals surface area (Å²) in [5, 5.41) is 3.74. The maximum absolute atomic E-state index is 14.5. The van der Waals surface area contributed by atoms with Crippen molar-refractivity contribution in [2.75, 3.05) is 0 Å². The number of hydrogen-bond donors (Lipinski definition) is 1. The molecule has 1 saturated heterocycles. The van der Waals surface area contributed by atoms with Crippen LogP contribution in [0.1, 0.15) is 131 Å². The van der Waals surface area contributed by atoms with Crippen LogP contribution >= 0.6 is 0 Å². The second kappa shape index (κ2) is 12.4. The number of hydrogen-bond acceptors (Lipinski definition) is 4. The predicted octanol–water partition coefficient (Wildman–Crippen LogP) is 6.54. The molecule has 1 aliphatic heterocycles. The van der Waals surface area contributed by atoms with Crippen molar-refractivity contribution in [2.24, 2.45) is 11.8 Å². The molecule has 5 heteroatoms. The van der Waals surface area contributed by atoms with Crippen molar-refractivity contribution in [3.63, 3.8) is 0 Å². The molecule has 204 valence electrons. The summed E-state index contributed by atoms with van der Waals surface area (Å²) in [6.07, 6.45) is 15.0. The second-order valence-corrected chi connectivity index (χ2v) is 12.4. The van der Waals surface area contributed by atoms with Crippen LogP contribution in [0.2, 0.25) is 0 Å². The van der Waals surface area contributed by atoms with E-state index in [1.54, 1.807) is 6.92 Å². The first kappa shape index (κ1) is 29.1. The Morgan fingerprint density at radius 3 is 2.11 bits per heavy atom. The standard InChI is InChI=1S/C31H52N2O3/c1-7-21-30(5,27(34)22(3)4)32-25-19-15-11-9-13-17-23(25)28(35)31(6,8-2)33-26-20-16-12-10-14-18-24(26)29(33)36/h23-26,32H,3,7-21H2,1-2,4-6H3/t23-,24-,25+,26+,30?,31?/m1/s1. The minimum absolute atomic E-state index is 0.0474. The molecule has 3 aliphatic rings. The Hall–Kier alpha value is -1.49. The van der Waals surface area contributed by atoms with Crippen LogP contribution in [0.25, 0.3) is 0 Å². The molecular weight excluding hydrogens is 448 g/mol. The molecule has 0 radical (unpaired) electrons. The van der Waals surface area contributed by atoms with Gasteiger partial charge in [-0.15, -0.1) is 0 Å². The maximum atomic E-state index is 14.5. The van der Waals surface area contributed by atoms with Crippen molar-refractivity contribution in [2.45, 2.75) is 154 Å². The van der Waals surface area contributed by atoms with Gasteiger partial charge >= 0.3 is 0 Å². The molecule has 3 fully saturated rings. The molecule has 1 heterocycles. The van der Waals surface area contributed by atoms with Gasteiger partial charge in [0.25, 0.3) is 0 Å². The molecule has 0 bridgehead atoms. The van der Waals surface area contributed by atoms with Crippen LogP contribution < -0.4 is 5.32 Å². The van der Waals surface area contributed by atoms with E-state index in [0.29, 0.717) is 12.0 Å². The first-order chi connectivity index (χ1) is 17.1. The summed E-state index contributed by atoms with van der Waals surface area (Å²) >= 11 is 0. The summed E-state index contributed by atoms with van der Waals surface area (Å²) in [4.78, 5) is 43.2. The third-order valence-corrected chi connectivity index (χ3v) is 9.61. The maximum Gasteiger partial charge on any atom is 0.228 e. The van der Waals surface area contributed by atoms with Gasteiger partial charge in [-0.3, -0.25) is 14.4 Å². The zero-order valence-electron chi connectivity index (χ0n) is 23.8. The summed E-state index contributed by atoms with van der Waals surface area (Å²) in [6.45, 7) is 13.9. The number of fused-ring (bicyclic) bond motifs is 1. The Morgan fingerprint density at radius 2 is 1.53 bits per heavy atom. The number of carbonyl (C=O) groups excluding carboxylic acids is 3. The Bertz CT molecular complexity index is 823. The predicted molar refractivity (Wildman–Crippen MR) is 147 cm³/mol. The van der Waals surface area contributed by atoms with Gasteiger partial charge in [0.15, 0.2) is 11.6 Å². The fourth-order valence-electron chi connectivity index (χ4n) is 7.40. The third-order valence-electron chi connectivity index (χ3n) is 9.61. The van der Waals surface area contributed by atoms with Gasteiger partial charge in [-0.2, -0.15) is 0 Å². The molecule has 0 aromatic carbocycles. The summed E-state index contributed by atoms with van der Waals surface area (Å²) in [5.74, 6) is 0.371. The molecular formula is C31H52N2O3. The number of nitrogens with one attached hydrogen (secondary N) is 1. The van der Waals surface area contributed by atoms with Crippen LogP contribution in [-0.2, 0) is 14.4 Å². The largest absolute Gasteiger partial charge is 0.326 e. The number of likely N-dealkylation sites (tertiary alicyclic amines) is 1. The smallest absolute Gasteiger partial charge is 0.228 e. The first-order valence-electron chi connectivity index (χ1n) is 15.0. The van der Waals surface area contributed by atoms with E-state index in [2.05, 4.69) is 25.7 Å². The second-order valence-electron chi connectivity index (χ2n) is 12.4. The number of amides is 1. The van der Waals surface area contributed by atoms with Crippen LogP contribution in [0.5, 0.6) is 0 Å². The van der Waals surface area contributed by atoms with E-state index in [4.69, 9.17) is 0 Å².